The second-order valence-corrected chi connectivity index (χ2v) is 12.9. The zero-order valence-corrected chi connectivity index (χ0v) is 19.5. The predicted molar refractivity (Wildman–Crippen MR) is 128 cm³/mol. The van der Waals surface area contributed by atoms with Crippen LogP contribution in [-0.4, -0.2) is 24.1 Å². The second kappa shape index (κ2) is 10.2. The van der Waals surface area contributed by atoms with Gasteiger partial charge in [-0.15, -0.1) is 11.8 Å². The molecule has 3 aromatic carbocycles. The molecule has 3 aromatic rings. The number of benzene rings is 3. The van der Waals surface area contributed by atoms with Crippen LogP contribution in [0.4, 0.5) is 0 Å². The molecule has 1 nitrogen and oxygen atoms in total. The molecule has 0 aliphatic carbocycles. The Labute approximate surface area is 181 Å². The van der Waals surface area contributed by atoms with Crippen molar-refractivity contribution >= 4 is 51.5 Å². The van der Waals surface area contributed by atoms with E-state index in [0.717, 1.165) is 23.1 Å². The summed E-state index contributed by atoms with van der Waals surface area (Å²) in [5, 5.41) is 3.64. The molecule has 0 saturated heterocycles. The Morgan fingerprint density at radius 3 is 1.79 bits per heavy atom. The SMILES string of the molecule is C[Si](C(=O)C(CCCBr)Sc1ccccc1)(c1ccccc1)c1ccccc1. The molecule has 1 atom stereocenters. The van der Waals surface area contributed by atoms with Crippen molar-refractivity contribution in [1.29, 1.82) is 0 Å². The summed E-state index contributed by atoms with van der Waals surface area (Å²) in [7, 11) is -2.55. The lowest BCUT2D eigenvalue weighted by Gasteiger charge is -2.31. The number of hydrogen-bond acceptors (Lipinski definition) is 2. The fourth-order valence-electron chi connectivity index (χ4n) is 3.49. The zero-order valence-electron chi connectivity index (χ0n) is 16.1. The first-order chi connectivity index (χ1) is 13.7. The summed E-state index contributed by atoms with van der Waals surface area (Å²) in [5.41, 5.74) is 0. The van der Waals surface area contributed by atoms with E-state index in [2.05, 4.69) is 83.1 Å². The Morgan fingerprint density at radius 2 is 1.32 bits per heavy atom. The summed E-state index contributed by atoms with van der Waals surface area (Å²) in [6, 6.07) is 31.1. The maximum Gasteiger partial charge on any atom is 0.192 e. The van der Waals surface area contributed by atoms with Gasteiger partial charge in [0.05, 0.1) is 5.25 Å². The highest BCUT2D eigenvalue weighted by molar-refractivity contribution is 9.09. The van der Waals surface area contributed by atoms with Crippen molar-refractivity contribution in [3.05, 3.63) is 91.0 Å². The maximum absolute atomic E-state index is 14.1. The van der Waals surface area contributed by atoms with Crippen molar-refractivity contribution in [3.63, 3.8) is 0 Å². The number of carbonyl (C=O) groups excluding carboxylic acids is 1. The van der Waals surface area contributed by atoms with Crippen LogP contribution in [0.25, 0.3) is 0 Å². The monoisotopic (exact) mass is 468 g/mol. The first-order valence-corrected chi connectivity index (χ1v) is 14.1. The van der Waals surface area contributed by atoms with E-state index in [9.17, 15) is 4.79 Å². The van der Waals surface area contributed by atoms with Crippen LogP contribution in [0.2, 0.25) is 6.55 Å². The molecule has 0 saturated carbocycles. The summed E-state index contributed by atoms with van der Waals surface area (Å²) < 4.78 is 0. The van der Waals surface area contributed by atoms with E-state index in [1.807, 2.05) is 30.3 Å². The number of halogens is 1. The third-order valence-corrected chi connectivity index (χ3v) is 11.5. The topological polar surface area (TPSA) is 17.1 Å². The Morgan fingerprint density at radius 1 is 0.857 bits per heavy atom. The molecule has 0 aliphatic heterocycles. The van der Waals surface area contributed by atoms with E-state index < -0.39 is 8.07 Å². The maximum atomic E-state index is 14.1. The molecule has 3 rings (SSSR count). The van der Waals surface area contributed by atoms with Gasteiger partial charge in [0.1, 0.15) is 5.41 Å². The third-order valence-electron chi connectivity index (χ3n) is 5.11. The molecular formula is C24H25BrOSSi. The molecule has 0 amide bonds. The fraction of sp³-hybridized carbons (Fsp3) is 0.208. The largest absolute Gasteiger partial charge is 0.303 e. The molecule has 0 fully saturated rings. The van der Waals surface area contributed by atoms with E-state index in [-0.39, 0.29) is 5.25 Å². The molecule has 0 bridgehead atoms. The van der Waals surface area contributed by atoms with Crippen molar-refractivity contribution in [2.75, 3.05) is 5.33 Å². The minimum atomic E-state index is -2.55. The van der Waals surface area contributed by atoms with Crippen molar-refractivity contribution in [2.45, 2.75) is 29.5 Å². The molecule has 144 valence electrons. The van der Waals surface area contributed by atoms with Crippen molar-refractivity contribution in [3.8, 4) is 0 Å². The molecule has 0 heterocycles. The number of thioether (sulfide) groups is 1. The van der Waals surface area contributed by atoms with Crippen molar-refractivity contribution in [1.82, 2.24) is 0 Å². The average Bonchev–Trinajstić information content (AvgIpc) is 2.77. The number of rotatable bonds is 9. The van der Waals surface area contributed by atoms with Gasteiger partial charge < -0.3 is 4.79 Å². The lowest BCUT2D eigenvalue weighted by atomic mass is 10.3. The molecule has 1 unspecified atom stereocenters. The van der Waals surface area contributed by atoms with Gasteiger partial charge in [-0.05, 0) is 35.3 Å². The minimum absolute atomic E-state index is 0.0444. The van der Waals surface area contributed by atoms with Gasteiger partial charge in [-0.3, -0.25) is 0 Å². The quantitative estimate of drug-likeness (QED) is 0.240. The van der Waals surface area contributed by atoms with Crippen molar-refractivity contribution in [2.24, 2.45) is 0 Å². The minimum Gasteiger partial charge on any atom is -0.303 e. The van der Waals surface area contributed by atoms with Crippen LogP contribution in [0.5, 0.6) is 0 Å². The molecule has 0 spiro atoms. The second-order valence-electron chi connectivity index (χ2n) is 6.97. The van der Waals surface area contributed by atoms with Gasteiger partial charge in [0.2, 0.25) is 0 Å². The predicted octanol–water partition coefficient (Wildman–Crippen LogP) is 5.32. The first-order valence-electron chi connectivity index (χ1n) is 9.59. The Balaban J connectivity index is 2.02. The summed E-state index contributed by atoms with van der Waals surface area (Å²) >= 11 is 5.26. The van der Waals surface area contributed by atoms with E-state index in [1.54, 1.807) is 11.8 Å². The first kappa shape index (κ1) is 21.1. The lowest BCUT2D eigenvalue weighted by Crippen LogP contribution is -2.64. The van der Waals surface area contributed by atoms with Crippen LogP contribution in [0.1, 0.15) is 12.8 Å². The molecule has 0 aliphatic rings. The number of carbonyl (C=O) groups is 1. The highest BCUT2D eigenvalue weighted by Crippen LogP contribution is 2.29. The van der Waals surface area contributed by atoms with E-state index in [4.69, 9.17) is 0 Å². The summed E-state index contributed by atoms with van der Waals surface area (Å²) in [6.07, 6.45) is 1.87. The van der Waals surface area contributed by atoms with Crippen LogP contribution >= 0.6 is 27.7 Å². The number of alkyl halides is 1. The van der Waals surface area contributed by atoms with Crippen LogP contribution in [0.15, 0.2) is 95.9 Å². The van der Waals surface area contributed by atoms with Gasteiger partial charge in [-0.1, -0.05) is 101 Å². The lowest BCUT2D eigenvalue weighted by molar-refractivity contribution is -0.112. The normalized spacial score (nSPS) is 12.5. The molecule has 4 heteroatoms. The Bertz CT molecular complexity index is 831. The Kier molecular flexibility index (Phi) is 7.71. The summed E-state index contributed by atoms with van der Waals surface area (Å²) in [5.74, 6) is 0. The highest BCUT2D eigenvalue weighted by atomic mass is 79.9. The summed E-state index contributed by atoms with van der Waals surface area (Å²) in [6.45, 7) is 2.21. The van der Waals surface area contributed by atoms with Crippen LogP contribution in [-0.2, 0) is 4.79 Å². The fourth-order valence-corrected chi connectivity index (χ4v) is 9.14. The van der Waals surface area contributed by atoms with Crippen LogP contribution in [0, 0.1) is 0 Å². The summed E-state index contributed by atoms with van der Waals surface area (Å²) in [4.78, 5) is 15.3. The van der Waals surface area contributed by atoms with E-state index >= 15 is 0 Å². The van der Waals surface area contributed by atoms with Gasteiger partial charge in [-0.25, -0.2) is 0 Å². The van der Waals surface area contributed by atoms with Gasteiger partial charge in [-0.2, -0.15) is 0 Å². The molecule has 0 radical (unpaired) electrons. The molecular weight excluding hydrogens is 444 g/mol. The smallest absolute Gasteiger partial charge is 0.192 e. The average molecular weight is 470 g/mol. The van der Waals surface area contributed by atoms with Gasteiger partial charge in [0, 0.05) is 10.2 Å². The van der Waals surface area contributed by atoms with Gasteiger partial charge in [0.15, 0.2) is 8.07 Å². The molecule has 0 aromatic heterocycles. The highest BCUT2D eigenvalue weighted by Gasteiger charge is 2.43. The molecule has 0 N–H and O–H groups in total. The standard InChI is InChI=1S/C24H25BrOSSi/c1-28(21-14-7-3-8-15-21,22-16-9-4-10-17-22)24(26)23(18-11-19-25)27-20-12-5-2-6-13-20/h2-10,12-17,23H,11,18-19H2,1H3. The van der Waals surface area contributed by atoms with E-state index in [1.165, 1.54) is 10.4 Å². The van der Waals surface area contributed by atoms with Gasteiger partial charge >= 0.3 is 0 Å². The van der Waals surface area contributed by atoms with Gasteiger partial charge in [0.25, 0.3) is 0 Å². The third kappa shape index (κ3) is 4.86. The van der Waals surface area contributed by atoms with Crippen LogP contribution < -0.4 is 10.4 Å². The zero-order chi connectivity index (χ0) is 19.8. The van der Waals surface area contributed by atoms with Crippen LogP contribution in [0.3, 0.4) is 0 Å². The van der Waals surface area contributed by atoms with Crippen molar-refractivity contribution < 1.29 is 4.79 Å². The number of hydrogen-bond donors (Lipinski definition) is 0. The van der Waals surface area contributed by atoms with E-state index in [0.29, 0.717) is 5.41 Å². The Hall–Kier alpha value is -1.62. The molecule has 28 heavy (non-hydrogen) atoms.